The van der Waals surface area contributed by atoms with Gasteiger partial charge in [0.2, 0.25) is 5.91 Å². The van der Waals surface area contributed by atoms with Crippen LogP contribution < -0.4 is 15.4 Å². The van der Waals surface area contributed by atoms with E-state index in [1.54, 1.807) is 16.8 Å². The molecule has 1 aliphatic rings. The van der Waals surface area contributed by atoms with Gasteiger partial charge in [-0.25, -0.2) is 15.0 Å². The van der Waals surface area contributed by atoms with Crippen molar-refractivity contribution < 1.29 is 32.9 Å². The first kappa shape index (κ1) is 22.5. The predicted octanol–water partition coefficient (Wildman–Crippen LogP) is 3.15. The normalized spacial score (nSPS) is 17.2. The maximum Gasteiger partial charge on any atom is 0.430 e. The average Bonchev–Trinajstić information content (AvgIpc) is 3.18. The van der Waals surface area contributed by atoms with Crippen molar-refractivity contribution in [2.75, 3.05) is 5.32 Å². The van der Waals surface area contributed by atoms with E-state index >= 15 is 0 Å². The third kappa shape index (κ3) is 5.37. The number of benzene rings is 2. The number of hydrogen-bond donors (Lipinski definition) is 2. The van der Waals surface area contributed by atoms with Crippen LogP contribution in [0.5, 0.6) is 0 Å². The first-order valence-electron chi connectivity index (χ1n) is 9.80. The molecule has 2 atom stereocenters. The van der Waals surface area contributed by atoms with Crippen LogP contribution in [0.3, 0.4) is 0 Å². The molecule has 2 aromatic carbocycles. The van der Waals surface area contributed by atoms with E-state index in [1.165, 1.54) is 5.56 Å². The Kier molecular flexibility index (Phi) is 6.14. The monoisotopic (exact) mass is 474 g/mol. The summed E-state index contributed by atoms with van der Waals surface area (Å²) in [5.74, 6) is -1.64. The van der Waals surface area contributed by atoms with Crippen molar-refractivity contribution in [3.05, 3.63) is 65.0 Å². The number of nitrogens with zero attached hydrogens (tertiary/aromatic N) is 1. The predicted molar refractivity (Wildman–Crippen MR) is 113 cm³/mol. The highest BCUT2D eigenvalue weighted by molar-refractivity contribution is 7.07. The van der Waals surface area contributed by atoms with Gasteiger partial charge in [-0.05, 0) is 30.0 Å². The SMILES string of the molecule is O=C(Nc1ccc2[nH+]c(-c3cscn3)[nH]c2c1)C1CC1c1ccccc1.O=C([O-])C(F)(F)F. The fourth-order valence-corrected chi connectivity index (χ4v) is 3.93. The van der Waals surface area contributed by atoms with Crippen LogP contribution in [0.2, 0.25) is 0 Å². The number of aromatic nitrogens is 3. The minimum Gasteiger partial charge on any atom is -0.542 e. The zero-order valence-electron chi connectivity index (χ0n) is 16.8. The molecule has 5 rings (SSSR count). The third-order valence-electron chi connectivity index (χ3n) is 5.08. The number of rotatable bonds is 4. The van der Waals surface area contributed by atoms with Crippen LogP contribution in [0, 0.1) is 5.92 Å². The van der Waals surface area contributed by atoms with Gasteiger partial charge in [0.25, 0.3) is 0 Å². The van der Waals surface area contributed by atoms with Gasteiger partial charge in [0.05, 0.1) is 5.51 Å². The molecule has 1 fully saturated rings. The quantitative estimate of drug-likeness (QED) is 0.473. The Labute approximate surface area is 189 Å². The molecule has 1 saturated carbocycles. The molecule has 2 unspecified atom stereocenters. The van der Waals surface area contributed by atoms with Gasteiger partial charge in [0.1, 0.15) is 5.97 Å². The fourth-order valence-electron chi connectivity index (χ4n) is 3.39. The Morgan fingerprint density at radius 1 is 1.18 bits per heavy atom. The van der Waals surface area contributed by atoms with Gasteiger partial charge in [-0.1, -0.05) is 30.3 Å². The van der Waals surface area contributed by atoms with Crippen molar-refractivity contribution in [3.63, 3.8) is 0 Å². The molecule has 2 heterocycles. The largest absolute Gasteiger partial charge is 0.542 e. The minimum absolute atomic E-state index is 0.0638. The van der Waals surface area contributed by atoms with Crippen molar-refractivity contribution in [3.8, 4) is 11.5 Å². The van der Waals surface area contributed by atoms with Gasteiger partial charge in [0.15, 0.2) is 16.7 Å². The zero-order chi connectivity index (χ0) is 23.6. The van der Waals surface area contributed by atoms with Crippen LogP contribution >= 0.6 is 11.3 Å². The maximum absolute atomic E-state index is 12.5. The number of anilines is 1. The van der Waals surface area contributed by atoms with E-state index in [9.17, 15) is 18.0 Å². The zero-order valence-corrected chi connectivity index (χ0v) is 17.7. The van der Waals surface area contributed by atoms with Crippen LogP contribution in [0.25, 0.3) is 22.6 Å². The molecule has 170 valence electrons. The maximum atomic E-state index is 12.5. The molecule has 1 aliphatic carbocycles. The summed E-state index contributed by atoms with van der Waals surface area (Å²) in [7, 11) is 0. The number of alkyl halides is 3. The molecule has 0 saturated heterocycles. The van der Waals surface area contributed by atoms with E-state index in [-0.39, 0.29) is 11.8 Å². The number of amides is 1. The number of carboxylic acids is 1. The van der Waals surface area contributed by atoms with Crippen LogP contribution in [0.4, 0.5) is 18.9 Å². The fraction of sp³-hybridized carbons (Fsp3) is 0.182. The van der Waals surface area contributed by atoms with Gasteiger partial charge in [-0.3, -0.25) is 4.79 Å². The lowest BCUT2D eigenvalue weighted by atomic mass is 10.1. The van der Waals surface area contributed by atoms with Crippen molar-refractivity contribution in [1.29, 1.82) is 0 Å². The molecule has 1 amide bonds. The molecule has 0 bridgehead atoms. The third-order valence-corrected chi connectivity index (χ3v) is 5.67. The summed E-state index contributed by atoms with van der Waals surface area (Å²) in [5, 5.41) is 13.8. The number of fused-ring (bicyclic) bond motifs is 1. The van der Waals surface area contributed by atoms with Crippen LogP contribution in [0.1, 0.15) is 17.9 Å². The van der Waals surface area contributed by atoms with E-state index in [4.69, 9.17) is 9.90 Å². The molecule has 11 heteroatoms. The van der Waals surface area contributed by atoms with Crippen molar-refractivity contribution >= 4 is 39.9 Å². The molecule has 3 N–H and O–H groups in total. The smallest absolute Gasteiger partial charge is 0.430 e. The molecule has 0 spiro atoms. The molecular formula is C22H17F3N4O3S. The lowest BCUT2D eigenvalue weighted by molar-refractivity contribution is -0.344. The lowest BCUT2D eigenvalue weighted by Crippen LogP contribution is -2.37. The number of aromatic amines is 2. The second kappa shape index (κ2) is 9.02. The lowest BCUT2D eigenvalue weighted by Gasteiger charge is -2.04. The summed E-state index contributed by atoms with van der Waals surface area (Å²) in [5.41, 5.74) is 6.68. The van der Waals surface area contributed by atoms with Crippen LogP contribution in [-0.2, 0) is 9.59 Å². The number of carboxylic acid groups (broad SMARTS) is 1. The minimum atomic E-state index is -5.19. The first-order chi connectivity index (χ1) is 15.7. The Morgan fingerprint density at radius 3 is 2.55 bits per heavy atom. The number of carbonyl (C=O) groups excluding carboxylic acids is 2. The summed E-state index contributed by atoms with van der Waals surface area (Å²) in [6.45, 7) is 0. The number of thiazole rings is 1. The van der Waals surface area contributed by atoms with E-state index in [0.29, 0.717) is 5.92 Å². The average molecular weight is 474 g/mol. The van der Waals surface area contributed by atoms with E-state index in [1.807, 2.05) is 41.8 Å². The summed E-state index contributed by atoms with van der Waals surface area (Å²) in [6, 6.07) is 16.1. The number of carbonyl (C=O) groups is 2. The summed E-state index contributed by atoms with van der Waals surface area (Å²) in [6.07, 6.45) is -4.28. The number of nitrogens with one attached hydrogen (secondary N) is 3. The number of H-pyrrole nitrogens is 2. The Bertz CT molecular complexity index is 1270. The van der Waals surface area contributed by atoms with Gasteiger partial charge >= 0.3 is 12.0 Å². The molecule has 2 aromatic heterocycles. The summed E-state index contributed by atoms with van der Waals surface area (Å²) in [4.78, 5) is 32.3. The Morgan fingerprint density at radius 2 is 1.91 bits per heavy atom. The summed E-state index contributed by atoms with van der Waals surface area (Å²) >= 11 is 1.56. The van der Waals surface area contributed by atoms with Gasteiger partial charge in [-0.15, -0.1) is 11.3 Å². The molecule has 0 radical (unpaired) electrons. The van der Waals surface area contributed by atoms with Gasteiger partial charge in [-0.2, -0.15) is 13.2 Å². The standard InChI is InChI=1S/C20H16N4OS.C2HF3O2/c25-20(15-9-14(15)12-4-2-1-3-5-12)22-13-6-7-16-17(8-13)24-19(23-16)18-10-26-11-21-18;3-2(4,5)1(6)7/h1-8,10-11,14-15H,9H2,(H,22,25)(H,23,24);(H,6,7). The molecule has 4 aromatic rings. The second-order valence-corrected chi connectivity index (χ2v) is 8.11. The highest BCUT2D eigenvalue weighted by Crippen LogP contribution is 2.47. The molecule has 0 aliphatic heterocycles. The topological polar surface area (TPSA) is 112 Å². The van der Waals surface area contributed by atoms with Crippen molar-refractivity contribution in [2.24, 2.45) is 5.92 Å². The van der Waals surface area contributed by atoms with Crippen LogP contribution in [-0.4, -0.2) is 28.0 Å². The van der Waals surface area contributed by atoms with E-state index < -0.39 is 12.1 Å². The Balaban J connectivity index is 0.000000325. The number of imidazole rings is 1. The molecule has 7 nitrogen and oxygen atoms in total. The summed E-state index contributed by atoms with van der Waals surface area (Å²) < 4.78 is 31.5. The van der Waals surface area contributed by atoms with Crippen molar-refractivity contribution in [1.82, 2.24) is 9.97 Å². The van der Waals surface area contributed by atoms with Gasteiger partial charge < -0.3 is 15.2 Å². The molecule has 33 heavy (non-hydrogen) atoms. The van der Waals surface area contributed by atoms with E-state index in [0.717, 1.165) is 34.7 Å². The first-order valence-corrected chi connectivity index (χ1v) is 10.7. The van der Waals surface area contributed by atoms with Gasteiger partial charge in [0, 0.05) is 23.1 Å². The highest BCUT2D eigenvalue weighted by atomic mass is 32.1. The molecular weight excluding hydrogens is 457 g/mol. The van der Waals surface area contributed by atoms with Crippen LogP contribution in [0.15, 0.2) is 59.4 Å². The number of aliphatic carboxylic acids is 1. The second-order valence-electron chi connectivity index (χ2n) is 7.39. The number of hydrogen-bond acceptors (Lipinski definition) is 5. The van der Waals surface area contributed by atoms with Crippen molar-refractivity contribution in [2.45, 2.75) is 18.5 Å². The highest BCUT2D eigenvalue weighted by Gasteiger charge is 2.43. The van der Waals surface area contributed by atoms with E-state index in [2.05, 4.69) is 32.4 Å². The Hall–Kier alpha value is -3.73. The number of halogens is 3.